The second kappa shape index (κ2) is 111. The van der Waals surface area contributed by atoms with Crippen LogP contribution < -0.4 is 460 Å². The second-order valence-corrected chi connectivity index (χ2v) is 1.44. The van der Waals surface area contributed by atoms with Crippen LogP contribution in [0.15, 0.2) is 0 Å². The third kappa shape index (κ3) is 504. The maximum absolute atomic E-state index is 8.42. The zero-order valence-corrected chi connectivity index (χ0v) is 48.0. The van der Waals surface area contributed by atoms with Crippen LogP contribution in [0.5, 0.6) is 0 Å². The van der Waals surface area contributed by atoms with E-state index in [-0.39, 0.29) is 384 Å². The largest absolute Gasteiger partial charge is 1.00 e. The summed E-state index contributed by atoms with van der Waals surface area (Å²) in [5.74, 6) is 0. The van der Waals surface area contributed by atoms with Crippen LogP contribution in [-0.2, 0) is 0 Å². The molecule has 120 valence electrons. The molecule has 0 aromatic carbocycles. The van der Waals surface area contributed by atoms with Crippen LogP contribution in [0.4, 0.5) is 0 Å². The summed E-state index contributed by atoms with van der Waals surface area (Å²) >= 11 is 0. The van der Waals surface area contributed by atoms with Gasteiger partial charge in [-0.25, -0.2) is 0 Å². The second-order valence-electron chi connectivity index (χ2n) is 1.44. The molecule has 0 amide bonds. The molecule has 0 saturated heterocycles. The number of hydrogen-bond acceptors (Lipinski definition) is 15. The minimum atomic E-state index is -2.92. The Morgan fingerprint density at radius 3 is 0.152 bits per heavy atom. The maximum atomic E-state index is 8.42. The van der Waals surface area contributed by atoms with Gasteiger partial charge in [-0.1, -0.05) is 0 Å². The summed E-state index contributed by atoms with van der Waals surface area (Å²) < 4.78 is 0. The first-order valence-corrected chi connectivity index (χ1v) is 3.54. The minimum absolute atomic E-state index is 0. The van der Waals surface area contributed by atoms with E-state index in [1.54, 1.807) is 0 Å². The van der Waals surface area contributed by atoms with E-state index in [2.05, 4.69) is 0 Å². The standard InChI is InChI=1S/5BO3.13Na/c5*2-1(3)4;;;;;;;;;;;;;/q5*-3;13*+1. The topological polar surface area (TPSA) is 346 Å². The molecule has 15 nitrogen and oxygen atoms in total. The molecule has 0 atom stereocenters. The van der Waals surface area contributed by atoms with E-state index in [0.29, 0.717) is 0 Å². The molecule has 0 saturated carbocycles. The van der Waals surface area contributed by atoms with Gasteiger partial charge in [-0.3, -0.25) is 36.6 Å². The molecule has 0 aromatic heterocycles. The van der Waals surface area contributed by atoms with Crippen molar-refractivity contribution in [3.8, 4) is 0 Å². The van der Waals surface area contributed by atoms with Crippen molar-refractivity contribution < 1.29 is 460 Å². The van der Waals surface area contributed by atoms with E-state index in [1.165, 1.54) is 0 Å². The Kier molecular flexibility index (Phi) is 401. The van der Waals surface area contributed by atoms with Crippen molar-refractivity contribution >= 4 is 36.6 Å². The molecule has 0 radical (unpaired) electrons. The summed E-state index contributed by atoms with van der Waals surface area (Å²) in [5, 5.41) is 126. The fraction of sp³-hybridized carbons (Fsp3) is 0. The summed E-state index contributed by atoms with van der Waals surface area (Å²) in [4.78, 5) is 0. The Balaban J connectivity index is -0.00000000485. The fourth-order valence-corrected chi connectivity index (χ4v) is 0. The van der Waals surface area contributed by atoms with E-state index < -0.39 is 36.6 Å². The van der Waals surface area contributed by atoms with Gasteiger partial charge < -0.3 is 75.4 Å². The Morgan fingerprint density at radius 1 is 0.152 bits per heavy atom. The third-order valence-electron chi connectivity index (χ3n) is 0. The molecule has 0 N–H and O–H groups in total. The summed E-state index contributed by atoms with van der Waals surface area (Å²) in [5.41, 5.74) is 0. The van der Waals surface area contributed by atoms with Crippen LogP contribution in [0.3, 0.4) is 0 Å². The Hall–Kier alpha value is 12.7. The molecule has 0 aliphatic carbocycles. The monoisotopic (exact) mass is 594 g/mol. The Morgan fingerprint density at radius 2 is 0.152 bits per heavy atom. The van der Waals surface area contributed by atoms with Gasteiger partial charge in [0.1, 0.15) is 0 Å². The first-order chi connectivity index (χ1) is 8.66. The predicted molar refractivity (Wildman–Crippen MR) is 28.8 cm³/mol. The molecule has 0 aliphatic heterocycles. The summed E-state index contributed by atoms with van der Waals surface area (Å²) in [6, 6.07) is 0. The van der Waals surface area contributed by atoms with Gasteiger partial charge in [-0.15, -0.1) is 0 Å². The van der Waals surface area contributed by atoms with Gasteiger partial charge in [0.25, 0.3) is 0 Å². The van der Waals surface area contributed by atoms with Crippen LogP contribution in [0.2, 0.25) is 0 Å². The molecule has 0 aromatic rings. The molecule has 0 heterocycles. The average molecular weight is 593 g/mol. The Labute approximate surface area is 482 Å². The van der Waals surface area contributed by atoms with Gasteiger partial charge in [0.2, 0.25) is 0 Å². The predicted octanol–water partition coefficient (Wildman–Crippen LogP) is -58.7. The zero-order valence-electron chi connectivity index (χ0n) is 22.0. The van der Waals surface area contributed by atoms with Gasteiger partial charge in [-0.05, 0) is 0 Å². The van der Waals surface area contributed by atoms with Crippen molar-refractivity contribution in [2.75, 3.05) is 0 Å². The van der Waals surface area contributed by atoms with E-state index in [0.717, 1.165) is 0 Å². The number of hydrogen-bond donors (Lipinski definition) is 0. The molecular formula is B5Na13O15-2. The smallest absolute Gasteiger partial charge is 0.907 e. The summed E-state index contributed by atoms with van der Waals surface area (Å²) in [6.45, 7) is 0. The SMILES string of the molecule is [Na+].[Na+].[Na+].[Na+].[Na+].[Na+].[Na+].[Na+].[Na+].[Na+].[Na+].[Na+].[Na+].[O-]B([O-])[O-].[O-]B([O-])[O-].[O-]B([O-])[O-].[O-]B([O-])[O-].[O-]B([O-])[O-]. The zero-order chi connectivity index (χ0) is 17.9. The van der Waals surface area contributed by atoms with Crippen LogP contribution in [0, 0.1) is 0 Å². The van der Waals surface area contributed by atoms with E-state index in [1.807, 2.05) is 0 Å². The van der Waals surface area contributed by atoms with E-state index >= 15 is 0 Å². The van der Waals surface area contributed by atoms with Crippen molar-refractivity contribution in [3.63, 3.8) is 0 Å². The first-order valence-electron chi connectivity index (χ1n) is 3.54. The van der Waals surface area contributed by atoms with E-state index in [9.17, 15) is 0 Å². The van der Waals surface area contributed by atoms with Crippen molar-refractivity contribution in [1.29, 1.82) is 0 Å². The molecule has 0 fully saturated rings. The molecular weight excluding hydrogens is 593 g/mol. The normalized spacial score (nSPS) is 4.09. The van der Waals surface area contributed by atoms with Crippen molar-refractivity contribution in [2.24, 2.45) is 0 Å². The number of rotatable bonds is 0. The van der Waals surface area contributed by atoms with Gasteiger partial charge in [0.15, 0.2) is 0 Å². The fourth-order valence-electron chi connectivity index (χ4n) is 0. The van der Waals surface area contributed by atoms with Gasteiger partial charge in [-0.2, -0.15) is 0 Å². The molecule has 33 heteroatoms. The summed E-state index contributed by atoms with van der Waals surface area (Å²) in [6.07, 6.45) is 0. The van der Waals surface area contributed by atoms with E-state index in [4.69, 9.17) is 75.4 Å². The van der Waals surface area contributed by atoms with Crippen LogP contribution in [0.25, 0.3) is 0 Å². The van der Waals surface area contributed by atoms with Crippen LogP contribution in [0.1, 0.15) is 0 Å². The van der Waals surface area contributed by atoms with Gasteiger partial charge in [0, 0.05) is 0 Å². The molecule has 0 spiro atoms. The minimum Gasteiger partial charge on any atom is -0.907 e. The molecule has 0 unspecified atom stereocenters. The maximum Gasteiger partial charge on any atom is 1.00 e. The molecule has 0 rings (SSSR count). The van der Waals surface area contributed by atoms with Crippen molar-refractivity contribution in [1.82, 2.24) is 0 Å². The molecule has 0 bridgehead atoms. The summed E-state index contributed by atoms with van der Waals surface area (Å²) in [7, 11) is -14.6. The van der Waals surface area contributed by atoms with Crippen LogP contribution in [-0.4, -0.2) is 36.6 Å². The first kappa shape index (κ1) is 119. The average Bonchev–Trinajstić information content (AvgIpc) is 1.94. The van der Waals surface area contributed by atoms with Crippen molar-refractivity contribution in [3.05, 3.63) is 0 Å². The third-order valence-corrected chi connectivity index (χ3v) is 0. The molecule has 0 aliphatic rings. The van der Waals surface area contributed by atoms with Crippen LogP contribution >= 0.6 is 0 Å². The quantitative estimate of drug-likeness (QED) is 0.235. The van der Waals surface area contributed by atoms with Gasteiger partial charge >= 0.3 is 384 Å². The molecule has 33 heavy (non-hydrogen) atoms. The Bertz CT molecular complexity index is 107. The van der Waals surface area contributed by atoms with Crippen molar-refractivity contribution in [2.45, 2.75) is 0 Å². The van der Waals surface area contributed by atoms with Gasteiger partial charge in [0.05, 0.1) is 0 Å².